The van der Waals surface area contributed by atoms with E-state index in [2.05, 4.69) is 12.6 Å². The Bertz CT molecular complexity index is 332. The van der Waals surface area contributed by atoms with Crippen molar-refractivity contribution in [3.05, 3.63) is 17.2 Å². The van der Waals surface area contributed by atoms with Crippen molar-refractivity contribution in [2.75, 3.05) is 0 Å². The topological polar surface area (TPSA) is 40.5 Å². The predicted molar refractivity (Wildman–Crippen MR) is 55.8 cm³/mol. The summed E-state index contributed by atoms with van der Waals surface area (Å²) >= 11 is 4.14. The third-order valence-electron chi connectivity index (χ3n) is 2.15. The van der Waals surface area contributed by atoms with Crippen LogP contribution in [0, 0.1) is 6.92 Å². The lowest BCUT2D eigenvalue weighted by Crippen LogP contribution is -1.91. The minimum Gasteiger partial charge on any atom is -0.508 e. The predicted octanol–water partition coefficient (Wildman–Crippen LogP) is 2.82. The van der Waals surface area contributed by atoms with E-state index in [0.29, 0.717) is 10.5 Å². The van der Waals surface area contributed by atoms with Crippen LogP contribution in [0.5, 0.6) is 11.5 Å². The molecule has 2 N–H and O–H groups in total. The Morgan fingerprint density at radius 2 is 1.85 bits per heavy atom. The molecule has 0 saturated carbocycles. The van der Waals surface area contributed by atoms with Crippen LogP contribution in [-0.4, -0.2) is 10.2 Å². The Labute approximate surface area is 83.6 Å². The van der Waals surface area contributed by atoms with Gasteiger partial charge in [-0.3, -0.25) is 0 Å². The Hall–Kier alpha value is -0.830. The van der Waals surface area contributed by atoms with Crippen molar-refractivity contribution in [3.63, 3.8) is 0 Å². The van der Waals surface area contributed by atoms with Gasteiger partial charge in [-0.25, -0.2) is 0 Å². The first-order valence-electron chi connectivity index (χ1n) is 4.19. The SMILES string of the molecule is Cc1c(O)cc(C(C)C)c(O)c1S. The van der Waals surface area contributed by atoms with E-state index >= 15 is 0 Å². The number of thiol groups is 1. The quantitative estimate of drug-likeness (QED) is 0.479. The van der Waals surface area contributed by atoms with Crippen LogP contribution < -0.4 is 0 Å². The maximum absolute atomic E-state index is 9.69. The van der Waals surface area contributed by atoms with Gasteiger partial charge in [0.05, 0.1) is 4.90 Å². The monoisotopic (exact) mass is 198 g/mol. The van der Waals surface area contributed by atoms with Gasteiger partial charge in [0.15, 0.2) is 0 Å². The summed E-state index contributed by atoms with van der Waals surface area (Å²) < 4.78 is 0. The highest BCUT2D eigenvalue weighted by atomic mass is 32.1. The van der Waals surface area contributed by atoms with Crippen LogP contribution >= 0.6 is 12.6 Å². The van der Waals surface area contributed by atoms with E-state index in [9.17, 15) is 10.2 Å². The van der Waals surface area contributed by atoms with Gasteiger partial charge in [-0.05, 0) is 18.9 Å². The molecular formula is C10H14O2S. The van der Waals surface area contributed by atoms with Gasteiger partial charge in [-0.15, -0.1) is 12.6 Å². The molecule has 0 aliphatic rings. The van der Waals surface area contributed by atoms with Crippen molar-refractivity contribution in [1.29, 1.82) is 0 Å². The molecule has 3 heteroatoms. The molecule has 1 aromatic carbocycles. The molecule has 0 aliphatic heterocycles. The highest BCUT2D eigenvalue weighted by molar-refractivity contribution is 7.80. The van der Waals surface area contributed by atoms with Gasteiger partial charge in [0.2, 0.25) is 0 Å². The molecule has 2 nitrogen and oxygen atoms in total. The Morgan fingerprint density at radius 3 is 2.31 bits per heavy atom. The van der Waals surface area contributed by atoms with Crippen LogP contribution in [0.25, 0.3) is 0 Å². The van der Waals surface area contributed by atoms with E-state index in [-0.39, 0.29) is 17.4 Å². The zero-order valence-electron chi connectivity index (χ0n) is 8.00. The summed E-state index contributed by atoms with van der Waals surface area (Å²) in [6, 6.07) is 1.59. The first-order chi connectivity index (χ1) is 5.95. The second kappa shape index (κ2) is 3.50. The van der Waals surface area contributed by atoms with Gasteiger partial charge >= 0.3 is 0 Å². The molecule has 0 heterocycles. The van der Waals surface area contributed by atoms with Gasteiger partial charge in [0, 0.05) is 11.1 Å². The molecule has 0 fully saturated rings. The third-order valence-corrected chi connectivity index (χ3v) is 2.70. The molecule has 0 radical (unpaired) electrons. The van der Waals surface area contributed by atoms with Gasteiger partial charge in [-0.1, -0.05) is 13.8 Å². The minimum atomic E-state index is 0.175. The van der Waals surface area contributed by atoms with E-state index in [4.69, 9.17) is 0 Å². The minimum absolute atomic E-state index is 0.175. The second-order valence-corrected chi connectivity index (χ2v) is 3.91. The molecule has 13 heavy (non-hydrogen) atoms. The van der Waals surface area contributed by atoms with Crippen molar-refractivity contribution >= 4 is 12.6 Å². The molecule has 0 aliphatic carbocycles. The Morgan fingerprint density at radius 1 is 1.31 bits per heavy atom. The van der Waals surface area contributed by atoms with Gasteiger partial charge in [-0.2, -0.15) is 0 Å². The summed E-state index contributed by atoms with van der Waals surface area (Å²) in [5.41, 5.74) is 1.35. The van der Waals surface area contributed by atoms with Crippen LogP contribution in [0.1, 0.15) is 30.9 Å². The average Bonchev–Trinajstić information content (AvgIpc) is 2.07. The fourth-order valence-corrected chi connectivity index (χ4v) is 1.44. The molecule has 0 amide bonds. The number of rotatable bonds is 1. The number of hydrogen-bond acceptors (Lipinski definition) is 3. The molecule has 0 bridgehead atoms. The molecule has 0 unspecified atom stereocenters. The number of phenols is 2. The van der Waals surface area contributed by atoms with Crippen molar-refractivity contribution < 1.29 is 10.2 Å². The summed E-state index contributed by atoms with van der Waals surface area (Å²) in [6.45, 7) is 5.63. The standard InChI is InChI=1S/C10H14O2S/c1-5(2)7-4-8(11)6(3)10(13)9(7)12/h4-5,11-13H,1-3H3. The zero-order valence-corrected chi connectivity index (χ0v) is 8.89. The van der Waals surface area contributed by atoms with Crippen LogP contribution in [0.2, 0.25) is 0 Å². The van der Waals surface area contributed by atoms with Gasteiger partial charge < -0.3 is 10.2 Å². The maximum Gasteiger partial charge on any atom is 0.132 e. The number of hydrogen-bond donors (Lipinski definition) is 3. The second-order valence-electron chi connectivity index (χ2n) is 3.46. The first kappa shape index (κ1) is 10.3. The molecule has 0 saturated heterocycles. The first-order valence-corrected chi connectivity index (χ1v) is 4.64. The smallest absolute Gasteiger partial charge is 0.132 e. The molecule has 0 spiro atoms. The zero-order chi connectivity index (χ0) is 10.2. The maximum atomic E-state index is 9.69. The lowest BCUT2D eigenvalue weighted by atomic mass is 10.00. The fraction of sp³-hybridized carbons (Fsp3) is 0.400. The Kier molecular flexibility index (Phi) is 2.76. The van der Waals surface area contributed by atoms with Crippen molar-refractivity contribution in [1.82, 2.24) is 0 Å². The normalized spacial score (nSPS) is 10.8. The van der Waals surface area contributed by atoms with Crippen LogP contribution in [0.15, 0.2) is 11.0 Å². The van der Waals surface area contributed by atoms with Crippen LogP contribution in [-0.2, 0) is 0 Å². The van der Waals surface area contributed by atoms with Crippen molar-refractivity contribution in [2.24, 2.45) is 0 Å². The lowest BCUT2D eigenvalue weighted by Gasteiger charge is -2.13. The largest absolute Gasteiger partial charge is 0.508 e. The summed E-state index contributed by atoms with van der Waals surface area (Å²) in [6.07, 6.45) is 0. The third kappa shape index (κ3) is 1.75. The van der Waals surface area contributed by atoms with Gasteiger partial charge in [0.1, 0.15) is 11.5 Å². The van der Waals surface area contributed by atoms with Crippen LogP contribution in [0.4, 0.5) is 0 Å². The van der Waals surface area contributed by atoms with E-state index < -0.39 is 0 Å². The number of aromatic hydroxyl groups is 2. The van der Waals surface area contributed by atoms with E-state index in [1.54, 1.807) is 13.0 Å². The van der Waals surface area contributed by atoms with E-state index in [0.717, 1.165) is 5.56 Å². The summed E-state index contributed by atoms with van der Waals surface area (Å²) in [4.78, 5) is 0.462. The van der Waals surface area contributed by atoms with E-state index in [1.165, 1.54) is 0 Å². The molecule has 72 valence electrons. The fourth-order valence-electron chi connectivity index (χ4n) is 1.20. The number of benzene rings is 1. The summed E-state index contributed by atoms with van der Waals surface area (Å²) in [5.74, 6) is 0.539. The van der Waals surface area contributed by atoms with Crippen molar-refractivity contribution in [2.45, 2.75) is 31.6 Å². The lowest BCUT2D eigenvalue weighted by molar-refractivity contribution is 0.435. The summed E-state index contributed by atoms with van der Waals surface area (Å²) in [5, 5.41) is 19.2. The van der Waals surface area contributed by atoms with Crippen LogP contribution in [0.3, 0.4) is 0 Å². The molecule has 1 aromatic rings. The molecule has 0 atom stereocenters. The average molecular weight is 198 g/mol. The molecular weight excluding hydrogens is 184 g/mol. The van der Waals surface area contributed by atoms with E-state index in [1.807, 2.05) is 13.8 Å². The molecule has 0 aromatic heterocycles. The highest BCUT2D eigenvalue weighted by Crippen LogP contribution is 2.38. The van der Waals surface area contributed by atoms with Gasteiger partial charge in [0.25, 0.3) is 0 Å². The Balaban J connectivity index is 3.41. The summed E-state index contributed by atoms with van der Waals surface area (Å²) in [7, 11) is 0. The number of phenolic OH excluding ortho intramolecular Hbond substituents is 2. The van der Waals surface area contributed by atoms with Crippen molar-refractivity contribution in [3.8, 4) is 11.5 Å². The highest BCUT2D eigenvalue weighted by Gasteiger charge is 2.13. The molecule has 1 rings (SSSR count).